The zero-order valence-electron chi connectivity index (χ0n) is 6.67. The van der Waals surface area contributed by atoms with Crippen LogP contribution in [0.2, 0.25) is 0 Å². The highest BCUT2D eigenvalue weighted by atomic mass is 79.9. The lowest BCUT2D eigenvalue weighted by molar-refractivity contribution is 0.0640. The van der Waals surface area contributed by atoms with Crippen LogP contribution in [-0.2, 0) is 0 Å². The van der Waals surface area contributed by atoms with Crippen LogP contribution in [-0.4, -0.2) is 16.5 Å². The third kappa shape index (κ3) is 1.35. The first kappa shape index (κ1) is 8.06. The number of halogens is 1. The van der Waals surface area contributed by atoms with Crippen molar-refractivity contribution >= 4 is 15.9 Å². The molecule has 2 bridgehead atoms. The second kappa shape index (κ2) is 3.06. The Hall–Kier alpha value is 0.440. The SMILES string of the molecule is O[C@@H]1CC[C@@H]2C[C@@H](CBr)[C@H]1C2. The van der Waals surface area contributed by atoms with E-state index in [2.05, 4.69) is 15.9 Å². The fourth-order valence-corrected chi connectivity index (χ4v) is 3.53. The minimum Gasteiger partial charge on any atom is -0.393 e. The molecule has 1 nitrogen and oxygen atoms in total. The summed E-state index contributed by atoms with van der Waals surface area (Å²) in [5.41, 5.74) is 0. The summed E-state index contributed by atoms with van der Waals surface area (Å²) < 4.78 is 0. The van der Waals surface area contributed by atoms with Crippen LogP contribution in [0.5, 0.6) is 0 Å². The zero-order chi connectivity index (χ0) is 7.84. The maximum Gasteiger partial charge on any atom is 0.0571 e. The van der Waals surface area contributed by atoms with E-state index in [4.69, 9.17) is 0 Å². The number of aliphatic hydroxyl groups excluding tert-OH is 1. The normalized spacial score (nSPS) is 49.6. The van der Waals surface area contributed by atoms with Crippen LogP contribution in [0.3, 0.4) is 0 Å². The topological polar surface area (TPSA) is 20.2 Å². The summed E-state index contributed by atoms with van der Waals surface area (Å²) in [5.74, 6) is 2.32. The van der Waals surface area contributed by atoms with Crippen LogP contribution >= 0.6 is 15.9 Å². The summed E-state index contributed by atoms with van der Waals surface area (Å²) in [6.45, 7) is 0. The van der Waals surface area contributed by atoms with Crippen molar-refractivity contribution in [1.82, 2.24) is 0 Å². The molecule has 0 aromatic carbocycles. The molecule has 0 aromatic heterocycles. The van der Waals surface area contributed by atoms with Gasteiger partial charge in [-0.3, -0.25) is 0 Å². The molecule has 0 saturated heterocycles. The quantitative estimate of drug-likeness (QED) is 0.670. The number of aliphatic hydroxyl groups is 1. The highest BCUT2D eigenvalue weighted by Crippen LogP contribution is 2.46. The molecule has 0 heterocycles. The van der Waals surface area contributed by atoms with Gasteiger partial charge in [-0.1, -0.05) is 15.9 Å². The molecule has 2 saturated carbocycles. The lowest BCUT2D eigenvalue weighted by atomic mass is 9.85. The Morgan fingerprint density at radius 1 is 1.27 bits per heavy atom. The van der Waals surface area contributed by atoms with Crippen molar-refractivity contribution in [2.75, 3.05) is 5.33 Å². The fraction of sp³-hybridized carbons (Fsp3) is 1.00. The van der Waals surface area contributed by atoms with Gasteiger partial charge in [-0.25, -0.2) is 0 Å². The van der Waals surface area contributed by atoms with E-state index in [-0.39, 0.29) is 6.10 Å². The molecule has 4 atom stereocenters. The zero-order valence-corrected chi connectivity index (χ0v) is 8.26. The number of hydrogen-bond donors (Lipinski definition) is 1. The van der Waals surface area contributed by atoms with E-state index in [0.29, 0.717) is 5.92 Å². The van der Waals surface area contributed by atoms with Crippen LogP contribution < -0.4 is 0 Å². The predicted octanol–water partition coefficient (Wildman–Crippen LogP) is 2.18. The van der Waals surface area contributed by atoms with Crippen molar-refractivity contribution < 1.29 is 5.11 Å². The Bertz CT molecular complexity index is 146. The molecule has 0 radical (unpaired) electrons. The van der Waals surface area contributed by atoms with Crippen LogP contribution in [0.25, 0.3) is 0 Å². The van der Waals surface area contributed by atoms with Crippen molar-refractivity contribution in [3.63, 3.8) is 0 Å². The predicted molar refractivity (Wildman–Crippen MR) is 48.7 cm³/mol. The molecule has 1 N–H and O–H groups in total. The van der Waals surface area contributed by atoms with Crippen molar-refractivity contribution in [2.45, 2.75) is 31.8 Å². The summed E-state index contributed by atoms with van der Waals surface area (Å²) in [5, 5.41) is 10.8. The first-order valence-electron chi connectivity index (χ1n) is 4.55. The summed E-state index contributed by atoms with van der Waals surface area (Å²) in [6.07, 6.45) is 4.97. The van der Waals surface area contributed by atoms with E-state index < -0.39 is 0 Å². The van der Waals surface area contributed by atoms with E-state index >= 15 is 0 Å². The van der Waals surface area contributed by atoms with Gasteiger partial charge in [0.25, 0.3) is 0 Å². The second-order valence-electron chi connectivity index (χ2n) is 4.06. The lowest BCUT2D eigenvalue weighted by Crippen LogP contribution is -2.26. The monoisotopic (exact) mass is 218 g/mol. The van der Waals surface area contributed by atoms with Gasteiger partial charge in [0, 0.05) is 5.33 Å². The lowest BCUT2D eigenvalue weighted by Gasteiger charge is -2.26. The van der Waals surface area contributed by atoms with Gasteiger partial charge in [-0.15, -0.1) is 0 Å². The molecule has 0 spiro atoms. The second-order valence-corrected chi connectivity index (χ2v) is 4.71. The van der Waals surface area contributed by atoms with Gasteiger partial charge in [-0.05, 0) is 43.4 Å². The Morgan fingerprint density at radius 3 is 2.82 bits per heavy atom. The minimum atomic E-state index is 0.0105. The minimum absolute atomic E-state index is 0.0105. The van der Waals surface area contributed by atoms with Crippen molar-refractivity contribution in [1.29, 1.82) is 0 Å². The van der Waals surface area contributed by atoms with Crippen LogP contribution in [0.1, 0.15) is 25.7 Å². The van der Waals surface area contributed by atoms with E-state index in [9.17, 15) is 5.11 Å². The van der Waals surface area contributed by atoms with Gasteiger partial charge in [0.15, 0.2) is 0 Å². The van der Waals surface area contributed by atoms with E-state index in [1.165, 1.54) is 19.3 Å². The maximum absolute atomic E-state index is 9.68. The van der Waals surface area contributed by atoms with Gasteiger partial charge in [0.2, 0.25) is 0 Å². The summed E-state index contributed by atoms with van der Waals surface area (Å²) in [4.78, 5) is 0. The van der Waals surface area contributed by atoms with E-state index in [1.54, 1.807) is 0 Å². The molecule has 0 aliphatic heterocycles. The molecule has 0 aromatic rings. The van der Waals surface area contributed by atoms with E-state index in [1.807, 2.05) is 0 Å². The van der Waals surface area contributed by atoms with Gasteiger partial charge in [-0.2, -0.15) is 0 Å². The third-order valence-electron chi connectivity index (χ3n) is 3.41. The highest BCUT2D eigenvalue weighted by molar-refractivity contribution is 9.09. The molecule has 2 aliphatic carbocycles. The first-order chi connectivity index (χ1) is 5.31. The summed E-state index contributed by atoms with van der Waals surface area (Å²) in [7, 11) is 0. The highest BCUT2D eigenvalue weighted by Gasteiger charge is 2.41. The molecule has 64 valence electrons. The van der Waals surface area contributed by atoms with Crippen LogP contribution in [0.15, 0.2) is 0 Å². The Kier molecular flexibility index (Phi) is 2.24. The number of fused-ring (bicyclic) bond motifs is 2. The van der Waals surface area contributed by atoms with Gasteiger partial charge in [0.05, 0.1) is 6.10 Å². The van der Waals surface area contributed by atoms with Gasteiger partial charge in [0.1, 0.15) is 0 Å². The summed E-state index contributed by atoms with van der Waals surface area (Å²) >= 11 is 3.53. The van der Waals surface area contributed by atoms with Crippen molar-refractivity contribution in [2.24, 2.45) is 17.8 Å². The molecule has 0 amide bonds. The van der Waals surface area contributed by atoms with E-state index in [0.717, 1.165) is 23.6 Å². The molecule has 2 aliphatic rings. The van der Waals surface area contributed by atoms with Crippen molar-refractivity contribution in [3.05, 3.63) is 0 Å². The van der Waals surface area contributed by atoms with Crippen LogP contribution in [0.4, 0.5) is 0 Å². The third-order valence-corrected chi connectivity index (χ3v) is 4.24. The molecular weight excluding hydrogens is 204 g/mol. The van der Waals surface area contributed by atoms with Crippen LogP contribution in [0, 0.1) is 17.8 Å². The largest absolute Gasteiger partial charge is 0.393 e. The number of hydrogen-bond acceptors (Lipinski definition) is 1. The van der Waals surface area contributed by atoms with Gasteiger partial charge >= 0.3 is 0 Å². The van der Waals surface area contributed by atoms with Crippen molar-refractivity contribution in [3.8, 4) is 0 Å². The average molecular weight is 219 g/mol. The smallest absolute Gasteiger partial charge is 0.0571 e. The molecule has 0 unspecified atom stereocenters. The molecule has 2 fully saturated rings. The molecule has 2 heteroatoms. The molecule has 2 rings (SSSR count). The van der Waals surface area contributed by atoms with Gasteiger partial charge < -0.3 is 5.11 Å². The molecule has 11 heavy (non-hydrogen) atoms. The average Bonchev–Trinajstić information content (AvgIpc) is 2.37. The Morgan fingerprint density at radius 2 is 2.09 bits per heavy atom. The maximum atomic E-state index is 9.68. The fourth-order valence-electron chi connectivity index (χ4n) is 2.78. The first-order valence-corrected chi connectivity index (χ1v) is 5.67. The number of rotatable bonds is 1. The Labute approximate surface area is 76.3 Å². The standard InChI is InChI=1S/C9H15BrO/c10-5-7-3-6-1-2-9(11)8(7)4-6/h6-9,11H,1-5H2/t6-,7+,8-,9-/m1/s1. The molecular formula is C9H15BrO. The summed E-state index contributed by atoms with van der Waals surface area (Å²) in [6, 6.07) is 0. The Balaban J connectivity index is 2.06. The number of alkyl halides is 1.